The minimum absolute atomic E-state index is 0.309. The van der Waals surface area contributed by atoms with E-state index in [0.29, 0.717) is 23.3 Å². The lowest BCUT2D eigenvalue weighted by Gasteiger charge is -2.16. The predicted molar refractivity (Wildman–Crippen MR) is 90.2 cm³/mol. The Hall–Kier alpha value is -2.57. The molecule has 23 heavy (non-hydrogen) atoms. The van der Waals surface area contributed by atoms with E-state index in [1.807, 2.05) is 12.1 Å². The zero-order valence-corrected chi connectivity index (χ0v) is 12.8. The molecule has 0 spiro atoms. The van der Waals surface area contributed by atoms with Crippen molar-refractivity contribution in [2.45, 2.75) is 13.0 Å². The molecule has 2 unspecified atom stereocenters. The molecule has 3 heterocycles. The zero-order valence-electron chi connectivity index (χ0n) is 12.8. The van der Waals surface area contributed by atoms with Crippen LogP contribution in [0.15, 0.2) is 42.7 Å². The van der Waals surface area contributed by atoms with Crippen LogP contribution in [-0.4, -0.2) is 21.5 Å². The average Bonchev–Trinajstić information content (AvgIpc) is 3.01. The van der Waals surface area contributed by atoms with Crippen molar-refractivity contribution < 1.29 is 0 Å². The monoisotopic (exact) mass is 306 g/mol. The van der Waals surface area contributed by atoms with Gasteiger partial charge in [0.15, 0.2) is 5.82 Å². The van der Waals surface area contributed by atoms with Gasteiger partial charge in [-0.15, -0.1) is 0 Å². The van der Waals surface area contributed by atoms with E-state index in [9.17, 15) is 0 Å². The highest BCUT2D eigenvalue weighted by Gasteiger charge is 2.24. The van der Waals surface area contributed by atoms with Gasteiger partial charge in [0, 0.05) is 12.1 Å². The fraction of sp³-hybridized carbons (Fsp3) is 0.235. The maximum Gasteiger partial charge on any atom is 0.153 e. The highest BCUT2D eigenvalue weighted by molar-refractivity contribution is 5.85. The molecule has 6 nitrogen and oxygen atoms in total. The summed E-state index contributed by atoms with van der Waals surface area (Å²) in [5.41, 5.74) is 17.0. The van der Waals surface area contributed by atoms with Gasteiger partial charge in [0.05, 0.1) is 17.3 Å². The molecular formula is C17H18N6. The maximum absolute atomic E-state index is 5.92. The van der Waals surface area contributed by atoms with Crippen LogP contribution in [0.2, 0.25) is 0 Å². The number of aromatic nitrogens is 3. The summed E-state index contributed by atoms with van der Waals surface area (Å²) in [6, 6.07) is 12.7. The third-order valence-corrected chi connectivity index (χ3v) is 4.30. The molecule has 0 aliphatic carbocycles. The van der Waals surface area contributed by atoms with Gasteiger partial charge in [-0.1, -0.05) is 25.1 Å². The van der Waals surface area contributed by atoms with Crippen molar-refractivity contribution in [1.29, 1.82) is 0 Å². The predicted octanol–water partition coefficient (Wildman–Crippen LogP) is 2.06. The largest absolute Gasteiger partial charge is 0.382 e. The minimum atomic E-state index is 0.309. The number of benzene rings is 1. The van der Waals surface area contributed by atoms with Gasteiger partial charge < -0.3 is 5.73 Å². The first-order valence-electron chi connectivity index (χ1n) is 7.68. The SMILES string of the molecule is CC1CNNC1c1cccc(-c2ccc3ncnc(N)c3n2)c1. The molecule has 1 aliphatic heterocycles. The van der Waals surface area contributed by atoms with E-state index in [4.69, 9.17) is 5.73 Å². The van der Waals surface area contributed by atoms with Gasteiger partial charge in [-0.2, -0.15) is 0 Å². The Labute approximate surface area is 134 Å². The summed E-state index contributed by atoms with van der Waals surface area (Å²) >= 11 is 0. The number of fused-ring (bicyclic) bond motifs is 1. The van der Waals surface area contributed by atoms with Gasteiger partial charge in [-0.05, 0) is 29.7 Å². The number of pyridine rings is 1. The number of hydrogen-bond acceptors (Lipinski definition) is 6. The number of nitrogens with zero attached hydrogens (tertiary/aromatic N) is 3. The fourth-order valence-electron chi connectivity index (χ4n) is 3.01. The van der Waals surface area contributed by atoms with Gasteiger partial charge in [-0.3, -0.25) is 10.9 Å². The smallest absolute Gasteiger partial charge is 0.153 e. The Morgan fingerprint density at radius 1 is 1.17 bits per heavy atom. The van der Waals surface area contributed by atoms with Crippen molar-refractivity contribution in [3.8, 4) is 11.3 Å². The van der Waals surface area contributed by atoms with Gasteiger partial charge in [0.1, 0.15) is 11.8 Å². The Kier molecular flexibility index (Phi) is 3.40. The van der Waals surface area contributed by atoms with E-state index in [1.54, 1.807) is 0 Å². The van der Waals surface area contributed by atoms with Crippen LogP contribution in [0.1, 0.15) is 18.5 Å². The fourth-order valence-corrected chi connectivity index (χ4v) is 3.01. The molecule has 1 saturated heterocycles. The summed E-state index contributed by atoms with van der Waals surface area (Å²) in [7, 11) is 0. The van der Waals surface area contributed by atoms with E-state index in [-0.39, 0.29) is 0 Å². The Balaban J connectivity index is 1.77. The summed E-state index contributed by atoms with van der Waals surface area (Å²) in [4.78, 5) is 12.9. The molecule has 1 aromatic carbocycles. The highest BCUT2D eigenvalue weighted by Crippen LogP contribution is 2.28. The number of rotatable bonds is 2. The van der Waals surface area contributed by atoms with Gasteiger partial charge in [-0.25, -0.2) is 15.0 Å². The summed E-state index contributed by atoms with van der Waals surface area (Å²) in [6.45, 7) is 3.20. The van der Waals surface area contributed by atoms with Crippen LogP contribution in [0.25, 0.3) is 22.3 Å². The molecule has 2 aromatic heterocycles. The van der Waals surface area contributed by atoms with Crippen LogP contribution in [0.3, 0.4) is 0 Å². The van der Waals surface area contributed by atoms with Gasteiger partial charge in [0.25, 0.3) is 0 Å². The van der Waals surface area contributed by atoms with Crippen molar-refractivity contribution in [1.82, 2.24) is 25.8 Å². The molecule has 4 rings (SSSR count). The Bertz CT molecular complexity index is 863. The molecule has 2 atom stereocenters. The van der Waals surface area contributed by atoms with Crippen LogP contribution >= 0.6 is 0 Å². The second-order valence-electron chi connectivity index (χ2n) is 5.93. The topological polar surface area (TPSA) is 88.8 Å². The van der Waals surface area contributed by atoms with Crippen molar-refractivity contribution in [2.75, 3.05) is 12.3 Å². The third kappa shape index (κ3) is 2.52. The minimum Gasteiger partial charge on any atom is -0.382 e. The summed E-state index contributed by atoms with van der Waals surface area (Å²) in [5, 5.41) is 0. The quantitative estimate of drug-likeness (QED) is 0.671. The number of nitrogen functional groups attached to an aromatic ring is 1. The van der Waals surface area contributed by atoms with Crippen LogP contribution in [0.4, 0.5) is 5.82 Å². The molecule has 0 radical (unpaired) electrons. The Morgan fingerprint density at radius 3 is 2.91 bits per heavy atom. The van der Waals surface area contributed by atoms with E-state index >= 15 is 0 Å². The number of hydrazine groups is 1. The molecule has 6 heteroatoms. The lowest BCUT2D eigenvalue weighted by Crippen LogP contribution is -2.24. The second-order valence-corrected chi connectivity index (χ2v) is 5.93. The van der Waals surface area contributed by atoms with Crippen LogP contribution in [-0.2, 0) is 0 Å². The molecular weight excluding hydrogens is 288 g/mol. The Morgan fingerprint density at radius 2 is 2.09 bits per heavy atom. The molecule has 0 saturated carbocycles. The zero-order chi connectivity index (χ0) is 15.8. The van der Waals surface area contributed by atoms with Crippen molar-refractivity contribution >= 4 is 16.9 Å². The first-order valence-corrected chi connectivity index (χ1v) is 7.68. The number of nitrogens with two attached hydrogens (primary N) is 1. The van der Waals surface area contributed by atoms with Crippen molar-refractivity contribution in [3.63, 3.8) is 0 Å². The number of hydrogen-bond donors (Lipinski definition) is 3. The van der Waals surface area contributed by atoms with Gasteiger partial charge in [0.2, 0.25) is 0 Å². The first-order chi connectivity index (χ1) is 11.2. The maximum atomic E-state index is 5.92. The molecule has 0 amide bonds. The standard InChI is InChI=1S/C17H18N6/c1-10-8-21-23-15(10)12-4-2-3-11(7-12)13-5-6-14-16(22-13)17(18)20-9-19-14/h2-7,9-10,15,21,23H,8H2,1H3,(H2,18,19,20). The molecule has 4 N–H and O–H groups in total. The molecule has 1 aliphatic rings. The third-order valence-electron chi connectivity index (χ3n) is 4.30. The summed E-state index contributed by atoms with van der Waals surface area (Å²) in [6.07, 6.45) is 1.46. The number of anilines is 1. The first kappa shape index (κ1) is 14.0. The normalized spacial score (nSPS) is 20.9. The van der Waals surface area contributed by atoms with Crippen molar-refractivity contribution in [2.24, 2.45) is 5.92 Å². The average molecular weight is 306 g/mol. The van der Waals surface area contributed by atoms with E-state index in [2.05, 4.69) is 57.0 Å². The van der Waals surface area contributed by atoms with Crippen LogP contribution in [0, 0.1) is 5.92 Å². The number of nitrogens with one attached hydrogen (secondary N) is 2. The van der Waals surface area contributed by atoms with Gasteiger partial charge >= 0.3 is 0 Å². The lowest BCUT2D eigenvalue weighted by molar-refractivity contribution is 0.508. The lowest BCUT2D eigenvalue weighted by atomic mass is 9.95. The molecule has 116 valence electrons. The van der Waals surface area contributed by atoms with Crippen LogP contribution in [0.5, 0.6) is 0 Å². The highest BCUT2D eigenvalue weighted by atomic mass is 15.4. The van der Waals surface area contributed by atoms with E-state index in [1.165, 1.54) is 11.9 Å². The van der Waals surface area contributed by atoms with E-state index < -0.39 is 0 Å². The van der Waals surface area contributed by atoms with Crippen LogP contribution < -0.4 is 16.6 Å². The van der Waals surface area contributed by atoms with E-state index in [0.717, 1.165) is 23.3 Å². The second kappa shape index (κ2) is 5.57. The molecule has 1 fully saturated rings. The summed E-state index contributed by atoms with van der Waals surface area (Å²) in [5.74, 6) is 0.946. The van der Waals surface area contributed by atoms with Crippen molar-refractivity contribution in [3.05, 3.63) is 48.3 Å². The molecule has 3 aromatic rings. The summed E-state index contributed by atoms with van der Waals surface area (Å²) < 4.78 is 0. The molecule has 0 bridgehead atoms.